The number of nitriles is 2. The normalized spacial score (nSPS) is 12.1. The zero-order chi connectivity index (χ0) is 54.6. The molecule has 0 radical (unpaired) electrons. The molecule has 382 valence electrons. The van der Waals surface area contributed by atoms with Crippen molar-refractivity contribution in [3.63, 3.8) is 0 Å². The van der Waals surface area contributed by atoms with Gasteiger partial charge in [0.25, 0.3) is 0 Å². The highest BCUT2D eigenvalue weighted by atomic mass is 16.3. The Morgan fingerprint density at radius 3 is 1.18 bits per heavy atom. The van der Waals surface area contributed by atoms with Crippen LogP contribution in [0.15, 0.2) is 259 Å². The summed E-state index contributed by atoms with van der Waals surface area (Å²) in [5.41, 5.74) is 13.6. The van der Waals surface area contributed by atoms with Gasteiger partial charge >= 0.3 is 0 Å². The monoisotopic (exact) mass is 1050 g/mol. The fourth-order valence-electron chi connectivity index (χ4n) is 14.2. The largest absolute Gasteiger partial charge is 0.454 e. The molecule has 0 amide bonds. The van der Waals surface area contributed by atoms with Crippen molar-refractivity contribution in [3.8, 4) is 46.0 Å². The number of para-hydroxylation sites is 7. The molecule has 0 unspecified atom stereocenters. The minimum absolute atomic E-state index is 0.373. The van der Waals surface area contributed by atoms with Crippen LogP contribution >= 0.6 is 0 Å². The molecule has 0 bridgehead atoms. The second kappa shape index (κ2) is 16.9. The Hall–Kier alpha value is -11.6. The zero-order valence-corrected chi connectivity index (χ0v) is 44.3. The molecule has 0 N–H and O–H groups in total. The number of furan rings is 1. The van der Waals surface area contributed by atoms with E-state index in [1.807, 2.05) is 12.1 Å². The van der Waals surface area contributed by atoms with E-state index in [9.17, 15) is 10.5 Å². The molecule has 7 heteroatoms. The second-order valence-electron chi connectivity index (χ2n) is 21.7. The van der Waals surface area contributed by atoms with Gasteiger partial charge in [0.2, 0.25) is 0 Å². The summed E-state index contributed by atoms with van der Waals surface area (Å²) < 4.78 is 16.2. The van der Waals surface area contributed by atoms with Crippen molar-refractivity contribution in [2.45, 2.75) is 0 Å². The van der Waals surface area contributed by atoms with Gasteiger partial charge in [-0.15, -0.1) is 0 Å². The Balaban J connectivity index is 1.14. The van der Waals surface area contributed by atoms with Crippen LogP contribution in [-0.4, -0.2) is 18.3 Å². The number of fused-ring (bicyclic) bond motifs is 19. The molecular formula is C76H42N6O. The molecule has 18 rings (SSSR count). The molecule has 0 fully saturated rings. The van der Waals surface area contributed by atoms with E-state index >= 15 is 0 Å². The molecule has 0 aliphatic heterocycles. The smallest absolute Gasteiger partial charge is 0.160 e. The summed E-state index contributed by atoms with van der Waals surface area (Å²) in [5.74, 6) is 0. The maximum absolute atomic E-state index is 13.0. The summed E-state index contributed by atoms with van der Waals surface area (Å²) in [6.07, 6.45) is 0. The van der Waals surface area contributed by atoms with Gasteiger partial charge in [-0.05, 0) is 87.3 Å². The quantitative estimate of drug-likeness (QED) is 0.161. The van der Waals surface area contributed by atoms with Crippen molar-refractivity contribution in [1.82, 2.24) is 18.3 Å². The van der Waals surface area contributed by atoms with Gasteiger partial charge in [-0.2, -0.15) is 10.5 Å². The third-order valence-electron chi connectivity index (χ3n) is 17.6. The van der Waals surface area contributed by atoms with Gasteiger partial charge in [-0.25, -0.2) is 0 Å². The average molecular weight is 1060 g/mol. The number of benzene rings is 13. The molecular weight excluding hydrogens is 1010 g/mol. The van der Waals surface area contributed by atoms with Crippen molar-refractivity contribution in [3.05, 3.63) is 266 Å². The molecule has 13 aromatic carbocycles. The third kappa shape index (κ3) is 6.04. The van der Waals surface area contributed by atoms with Crippen molar-refractivity contribution in [2.75, 3.05) is 0 Å². The molecule has 0 aliphatic carbocycles. The molecule has 0 saturated heterocycles. The van der Waals surface area contributed by atoms with Gasteiger partial charge < -0.3 is 22.7 Å². The predicted molar refractivity (Wildman–Crippen MR) is 341 cm³/mol. The van der Waals surface area contributed by atoms with Crippen LogP contribution in [0.4, 0.5) is 0 Å². The van der Waals surface area contributed by atoms with E-state index in [0.717, 1.165) is 131 Å². The number of aromatic nitrogens is 4. The average Bonchev–Trinajstić information content (AvgIpc) is 3.68. The van der Waals surface area contributed by atoms with Crippen LogP contribution in [0, 0.1) is 22.7 Å². The SMILES string of the molecule is N#Cc1c(-n2c3ccccc3c3ccccc32)c(-n2c3ccccc3c3ccccc32)c(C#N)c(-n2c3cc(-c4cccc5ccc6ccccc6c45)ccc3c3ccc4c5ccccc5oc4c32)c1-n1c2ccccc2c2ccccc21. The van der Waals surface area contributed by atoms with Crippen LogP contribution in [0.2, 0.25) is 0 Å². The van der Waals surface area contributed by atoms with Gasteiger partial charge in [0, 0.05) is 53.9 Å². The minimum atomic E-state index is 0.373. The van der Waals surface area contributed by atoms with Crippen LogP contribution in [0.1, 0.15) is 11.1 Å². The summed E-state index contributed by atoms with van der Waals surface area (Å²) in [6.45, 7) is 0. The van der Waals surface area contributed by atoms with Gasteiger partial charge in [-0.3, -0.25) is 0 Å². The fraction of sp³-hybridized carbons (Fsp3) is 0. The number of hydrogen-bond acceptors (Lipinski definition) is 3. The minimum Gasteiger partial charge on any atom is -0.454 e. The lowest BCUT2D eigenvalue weighted by Gasteiger charge is -2.27. The first-order valence-corrected chi connectivity index (χ1v) is 28.0. The molecule has 0 atom stereocenters. The van der Waals surface area contributed by atoms with Gasteiger partial charge in [-0.1, -0.05) is 200 Å². The molecule has 5 aromatic heterocycles. The molecule has 7 nitrogen and oxygen atoms in total. The molecule has 0 aliphatic rings. The molecule has 5 heterocycles. The third-order valence-corrected chi connectivity index (χ3v) is 17.6. The Morgan fingerprint density at radius 2 is 0.675 bits per heavy atom. The lowest BCUT2D eigenvalue weighted by molar-refractivity contribution is 0.671. The maximum atomic E-state index is 13.0. The molecule has 0 spiro atoms. The van der Waals surface area contributed by atoms with Crippen molar-refractivity contribution >= 4 is 131 Å². The van der Waals surface area contributed by atoms with Crippen molar-refractivity contribution in [2.24, 2.45) is 0 Å². The zero-order valence-electron chi connectivity index (χ0n) is 44.3. The lowest BCUT2D eigenvalue weighted by atomic mass is 9.93. The molecule has 18 aromatic rings. The van der Waals surface area contributed by atoms with Crippen LogP contribution < -0.4 is 0 Å². The van der Waals surface area contributed by atoms with Crippen LogP contribution in [0.25, 0.3) is 165 Å². The first-order chi connectivity index (χ1) is 41.2. The number of rotatable bonds is 5. The maximum Gasteiger partial charge on any atom is 0.160 e. The Labute approximate surface area is 473 Å². The summed E-state index contributed by atoms with van der Waals surface area (Å²) >= 11 is 0. The predicted octanol–water partition coefficient (Wildman–Crippen LogP) is 19.7. The fourth-order valence-corrected chi connectivity index (χ4v) is 14.2. The summed E-state index contributed by atoms with van der Waals surface area (Å²) in [7, 11) is 0. The molecule has 83 heavy (non-hydrogen) atoms. The van der Waals surface area contributed by atoms with Crippen molar-refractivity contribution in [1.29, 1.82) is 10.5 Å². The van der Waals surface area contributed by atoms with Crippen molar-refractivity contribution < 1.29 is 4.42 Å². The highest BCUT2D eigenvalue weighted by Crippen LogP contribution is 2.51. The lowest BCUT2D eigenvalue weighted by Crippen LogP contribution is -2.16. The summed E-state index contributed by atoms with van der Waals surface area (Å²) in [6, 6.07) is 95.4. The number of hydrogen-bond donors (Lipinski definition) is 0. The number of nitrogens with zero attached hydrogens (tertiary/aromatic N) is 6. The topological polar surface area (TPSA) is 80.4 Å². The van der Waals surface area contributed by atoms with Gasteiger partial charge in [0.15, 0.2) is 5.58 Å². The van der Waals surface area contributed by atoms with Crippen LogP contribution in [-0.2, 0) is 0 Å². The standard InChI is InChI=1S/C76H42N6O/c77-43-60-71(79-62-29-10-3-21-50(62)51-22-4-11-30-63(51)79)72(80-64-31-12-5-23-52(64)53-24-6-13-32-65(53)80)61(44-78)74(73(60)81-66-33-14-7-25-54(66)55-26-8-15-34-67(55)81)82-68-42-47(49-28-17-19-46-37-36-45-18-1-2-20-48(45)70(46)49)38-39-56(68)58-40-41-59-57-27-9-16-35-69(57)83-76(59)75(58)82/h1-42H. The molecule has 0 saturated carbocycles. The van der Waals surface area contributed by atoms with E-state index < -0.39 is 0 Å². The van der Waals surface area contributed by atoms with Crippen LogP contribution in [0.5, 0.6) is 0 Å². The second-order valence-corrected chi connectivity index (χ2v) is 21.7. The van der Waals surface area contributed by atoms with Gasteiger partial charge in [0.1, 0.15) is 28.8 Å². The van der Waals surface area contributed by atoms with E-state index in [1.165, 1.54) is 5.39 Å². The Kier molecular flexibility index (Phi) is 9.23. The Bertz CT molecular complexity index is 5820. The first-order valence-electron chi connectivity index (χ1n) is 28.0. The highest BCUT2D eigenvalue weighted by molar-refractivity contribution is 6.24. The first kappa shape index (κ1) is 45.2. The van der Waals surface area contributed by atoms with E-state index in [4.69, 9.17) is 4.42 Å². The Morgan fingerprint density at radius 1 is 0.289 bits per heavy atom. The van der Waals surface area contributed by atoms with Gasteiger partial charge in [0.05, 0.1) is 66.9 Å². The van der Waals surface area contributed by atoms with E-state index in [1.54, 1.807) is 0 Å². The highest BCUT2D eigenvalue weighted by Gasteiger charge is 2.35. The van der Waals surface area contributed by atoms with E-state index in [2.05, 4.69) is 273 Å². The van der Waals surface area contributed by atoms with Crippen LogP contribution in [0.3, 0.4) is 0 Å². The van der Waals surface area contributed by atoms with E-state index in [0.29, 0.717) is 39.5 Å². The van der Waals surface area contributed by atoms with E-state index in [-0.39, 0.29) is 0 Å². The summed E-state index contributed by atoms with van der Waals surface area (Å²) in [4.78, 5) is 0. The summed E-state index contributed by atoms with van der Waals surface area (Å²) in [5, 5.41) is 40.6.